The molecule has 4 heterocycles. The van der Waals surface area contributed by atoms with Crippen LogP contribution >= 0.6 is 0 Å². The van der Waals surface area contributed by atoms with Crippen LogP contribution in [0.4, 0.5) is 18.9 Å². The number of hydrogen-bond donors (Lipinski definition) is 0. The van der Waals surface area contributed by atoms with Crippen LogP contribution in [0.3, 0.4) is 0 Å². The van der Waals surface area contributed by atoms with Crippen LogP contribution in [-0.2, 0) is 12.6 Å². The minimum absolute atomic E-state index is 0.0548. The molecule has 0 unspecified atom stereocenters. The summed E-state index contributed by atoms with van der Waals surface area (Å²) in [5.41, 5.74) is 4.01. The monoisotopic (exact) mass is 437 g/mol. The lowest BCUT2D eigenvalue weighted by Crippen LogP contribution is -2.19. The highest BCUT2D eigenvalue weighted by Crippen LogP contribution is 2.35. The van der Waals surface area contributed by atoms with Gasteiger partial charge in [-0.1, -0.05) is 19.1 Å². The van der Waals surface area contributed by atoms with E-state index in [9.17, 15) is 13.2 Å². The van der Waals surface area contributed by atoms with Crippen molar-refractivity contribution in [3.8, 4) is 22.5 Å². The number of pyridine rings is 1. The largest absolute Gasteiger partial charge is 0.434 e. The predicted molar refractivity (Wildman–Crippen MR) is 117 cm³/mol. The van der Waals surface area contributed by atoms with Crippen molar-refractivity contribution in [3.05, 3.63) is 66.1 Å². The fourth-order valence-corrected chi connectivity index (χ4v) is 4.28. The van der Waals surface area contributed by atoms with Gasteiger partial charge in [-0.25, -0.2) is 9.50 Å². The Hall–Kier alpha value is -3.42. The van der Waals surface area contributed by atoms with Crippen molar-refractivity contribution in [1.82, 2.24) is 19.6 Å². The lowest BCUT2D eigenvalue weighted by molar-refractivity contribution is -0.140. The number of benzene rings is 1. The molecule has 1 aliphatic heterocycles. The van der Waals surface area contributed by atoms with E-state index in [4.69, 9.17) is 0 Å². The summed E-state index contributed by atoms with van der Waals surface area (Å²) in [6.07, 6.45) is 1.69. The molecule has 5 rings (SSSR count). The Morgan fingerprint density at radius 2 is 1.81 bits per heavy atom. The van der Waals surface area contributed by atoms with Crippen LogP contribution in [0.5, 0.6) is 0 Å². The third kappa shape index (κ3) is 3.70. The second-order valence-electron chi connectivity index (χ2n) is 7.94. The van der Waals surface area contributed by atoms with Crippen molar-refractivity contribution >= 4 is 11.3 Å². The van der Waals surface area contributed by atoms with Gasteiger partial charge < -0.3 is 4.90 Å². The molecule has 32 heavy (non-hydrogen) atoms. The van der Waals surface area contributed by atoms with E-state index < -0.39 is 11.9 Å². The van der Waals surface area contributed by atoms with Gasteiger partial charge in [0.15, 0.2) is 11.3 Å². The number of aryl methyl sites for hydroxylation is 1. The number of nitrogens with zero attached hydrogens (tertiary/aromatic N) is 5. The maximum Gasteiger partial charge on any atom is 0.434 e. The van der Waals surface area contributed by atoms with Gasteiger partial charge in [-0.2, -0.15) is 18.3 Å². The summed E-state index contributed by atoms with van der Waals surface area (Å²) in [6, 6.07) is 12.4. The van der Waals surface area contributed by atoms with Gasteiger partial charge >= 0.3 is 6.18 Å². The standard InChI is InChI=1S/C24H22F3N5/c1-2-16-7-8-17(14-21(16)31-12-3-4-13-31)20-15-32-22(29-20)10-9-19(30-32)18-6-5-11-28-23(18)24(25,26)27/h5-11,14-15H,2-4,12-13H2,1H3. The second-order valence-corrected chi connectivity index (χ2v) is 7.94. The Kier molecular flexibility index (Phi) is 5.07. The summed E-state index contributed by atoms with van der Waals surface area (Å²) in [4.78, 5) is 10.6. The average molecular weight is 437 g/mol. The van der Waals surface area contributed by atoms with Crippen LogP contribution in [-0.4, -0.2) is 32.7 Å². The highest BCUT2D eigenvalue weighted by Gasteiger charge is 2.35. The first-order valence-electron chi connectivity index (χ1n) is 10.7. The van der Waals surface area contributed by atoms with E-state index in [0.29, 0.717) is 5.65 Å². The van der Waals surface area contributed by atoms with E-state index in [1.807, 2.05) is 6.07 Å². The van der Waals surface area contributed by atoms with Crippen LogP contribution in [0, 0.1) is 0 Å². The van der Waals surface area contributed by atoms with E-state index >= 15 is 0 Å². The topological polar surface area (TPSA) is 46.3 Å². The van der Waals surface area contributed by atoms with Crippen LogP contribution in [0.25, 0.3) is 28.2 Å². The maximum absolute atomic E-state index is 13.4. The summed E-state index contributed by atoms with van der Waals surface area (Å²) in [6.45, 7) is 4.26. The molecule has 1 saturated heterocycles. The highest BCUT2D eigenvalue weighted by molar-refractivity contribution is 5.71. The maximum atomic E-state index is 13.4. The van der Waals surface area contributed by atoms with Gasteiger partial charge in [0.1, 0.15) is 0 Å². The van der Waals surface area contributed by atoms with Crippen molar-refractivity contribution in [3.63, 3.8) is 0 Å². The molecular weight excluding hydrogens is 415 g/mol. The molecule has 0 atom stereocenters. The Balaban J connectivity index is 1.55. The quantitative estimate of drug-likeness (QED) is 0.415. The molecule has 0 radical (unpaired) electrons. The summed E-state index contributed by atoms with van der Waals surface area (Å²) < 4.78 is 41.7. The van der Waals surface area contributed by atoms with E-state index in [1.165, 1.54) is 40.7 Å². The number of halogens is 3. The molecule has 8 heteroatoms. The van der Waals surface area contributed by atoms with Crippen molar-refractivity contribution in [1.29, 1.82) is 0 Å². The molecule has 1 aromatic carbocycles. The number of fused-ring (bicyclic) bond motifs is 1. The molecule has 3 aromatic heterocycles. The van der Waals surface area contributed by atoms with Gasteiger partial charge in [0.25, 0.3) is 0 Å². The zero-order chi connectivity index (χ0) is 22.3. The number of hydrogen-bond acceptors (Lipinski definition) is 4. The smallest absolute Gasteiger partial charge is 0.371 e. The summed E-state index contributed by atoms with van der Waals surface area (Å²) >= 11 is 0. The lowest BCUT2D eigenvalue weighted by Gasteiger charge is -2.21. The van der Waals surface area contributed by atoms with Crippen LogP contribution in [0.15, 0.2) is 54.9 Å². The summed E-state index contributed by atoms with van der Waals surface area (Å²) in [5.74, 6) is 0. The Morgan fingerprint density at radius 3 is 2.56 bits per heavy atom. The van der Waals surface area contributed by atoms with Gasteiger partial charge in [-0.15, -0.1) is 0 Å². The number of alkyl halides is 3. The van der Waals surface area contributed by atoms with Gasteiger partial charge in [0.05, 0.1) is 17.6 Å². The number of aromatic nitrogens is 4. The zero-order valence-corrected chi connectivity index (χ0v) is 17.6. The molecule has 4 aromatic rings. The third-order valence-electron chi connectivity index (χ3n) is 5.88. The molecular formula is C24H22F3N5. The van der Waals surface area contributed by atoms with Crippen LogP contribution < -0.4 is 4.90 Å². The molecule has 0 spiro atoms. The van der Waals surface area contributed by atoms with E-state index in [-0.39, 0.29) is 11.3 Å². The molecule has 0 aliphatic carbocycles. The molecule has 0 bridgehead atoms. The summed E-state index contributed by atoms with van der Waals surface area (Å²) in [5, 5.41) is 4.40. The minimum Gasteiger partial charge on any atom is -0.371 e. The third-order valence-corrected chi connectivity index (χ3v) is 5.88. The predicted octanol–water partition coefficient (Wildman–Crippen LogP) is 5.64. The average Bonchev–Trinajstić information content (AvgIpc) is 3.47. The lowest BCUT2D eigenvalue weighted by atomic mass is 10.0. The fourth-order valence-electron chi connectivity index (χ4n) is 4.28. The molecule has 1 aliphatic rings. The Morgan fingerprint density at radius 1 is 1.00 bits per heavy atom. The number of rotatable bonds is 4. The van der Waals surface area contributed by atoms with Crippen LogP contribution in [0.2, 0.25) is 0 Å². The van der Waals surface area contributed by atoms with Crippen molar-refractivity contribution < 1.29 is 13.2 Å². The van der Waals surface area contributed by atoms with Gasteiger partial charge in [0, 0.05) is 36.1 Å². The van der Waals surface area contributed by atoms with E-state index in [1.54, 1.807) is 18.3 Å². The first kappa shape index (κ1) is 20.5. The minimum atomic E-state index is -4.56. The van der Waals surface area contributed by atoms with Crippen LogP contribution in [0.1, 0.15) is 31.0 Å². The molecule has 5 nitrogen and oxygen atoms in total. The molecule has 164 valence electrons. The summed E-state index contributed by atoms with van der Waals surface area (Å²) in [7, 11) is 0. The molecule has 0 N–H and O–H groups in total. The van der Waals surface area contributed by atoms with Crippen molar-refractivity contribution in [2.45, 2.75) is 32.4 Å². The molecule has 0 amide bonds. The second kappa shape index (κ2) is 7.93. The first-order valence-corrected chi connectivity index (χ1v) is 10.7. The highest BCUT2D eigenvalue weighted by atomic mass is 19.4. The molecule has 1 fully saturated rings. The first-order chi connectivity index (χ1) is 15.4. The van der Waals surface area contributed by atoms with E-state index in [0.717, 1.165) is 37.0 Å². The van der Waals surface area contributed by atoms with Gasteiger partial charge in [-0.3, -0.25) is 4.98 Å². The fraction of sp³-hybridized carbons (Fsp3) is 0.292. The van der Waals surface area contributed by atoms with Crippen molar-refractivity contribution in [2.24, 2.45) is 0 Å². The SMILES string of the molecule is CCc1ccc(-c2cn3nc(-c4cccnc4C(F)(F)F)ccc3n2)cc1N1CCCC1. The van der Waals surface area contributed by atoms with Crippen molar-refractivity contribution in [2.75, 3.05) is 18.0 Å². The normalized spacial score (nSPS) is 14.4. The van der Waals surface area contributed by atoms with E-state index in [2.05, 4.69) is 39.0 Å². The Labute approximate surface area is 183 Å². The number of anilines is 1. The molecule has 0 saturated carbocycles. The zero-order valence-electron chi connectivity index (χ0n) is 17.6. The van der Waals surface area contributed by atoms with Gasteiger partial charge in [0.2, 0.25) is 0 Å². The number of imidazole rings is 1. The van der Waals surface area contributed by atoms with Gasteiger partial charge in [-0.05, 0) is 55.2 Å². The Bertz CT molecular complexity index is 1270.